The first-order valence-corrected chi connectivity index (χ1v) is 9.44. The summed E-state index contributed by atoms with van der Waals surface area (Å²) < 4.78 is 5.39. The van der Waals surface area contributed by atoms with E-state index in [1.165, 1.54) is 6.42 Å². The normalized spacial score (nSPS) is 21.7. The average molecular weight is 346 g/mol. The van der Waals surface area contributed by atoms with Gasteiger partial charge in [0.05, 0.1) is 13.2 Å². The first-order valence-electron chi connectivity index (χ1n) is 9.44. The van der Waals surface area contributed by atoms with Crippen molar-refractivity contribution in [1.82, 2.24) is 15.2 Å². The minimum absolute atomic E-state index is 0.0773. The van der Waals surface area contributed by atoms with Crippen LogP contribution in [0.25, 0.3) is 0 Å². The average Bonchev–Trinajstić information content (AvgIpc) is 3.07. The zero-order valence-electron chi connectivity index (χ0n) is 15.4. The van der Waals surface area contributed by atoms with Crippen LogP contribution in [0.5, 0.6) is 0 Å². The highest BCUT2D eigenvalue weighted by Crippen LogP contribution is 2.19. The molecule has 0 aliphatic carbocycles. The van der Waals surface area contributed by atoms with Crippen LogP contribution in [-0.2, 0) is 4.74 Å². The molecule has 3 rings (SSSR count). The fourth-order valence-electron chi connectivity index (χ4n) is 3.70. The largest absolute Gasteiger partial charge is 0.378 e. The van der Waals surface area contributed by atoms with Crippen LogP contribution in [-0.4, -0.2) is 67.8 Å². The number of carbonyl (C=O) groups is 1. The zero-order chi connectivity index (χ0) is 17.6. The van der Waals surface area contributed by atoms with Crippen LogP contribution in [0.2, 0.25) is 0 Å². The number of rotatable bonds is 6. The summed E-state index contributed by atoms with van der Waals surface area (Å²) in [5, 5.41) is 3.09. The molecule has 1 N–H and O–H groups in total. The predicted octanol–water partition coefficient (Wildman–Crippen LogP) is 1.77. The van der Waals surface area contributed by atoms with E-state index in [9.17, 15) is 4.79 Å². The van der Waals surface area contributed by atoms with E-state index in [0.717, 1.165) is 51.5 Å². The number of nitrogens with one attached hydrogen (secondary N) is 1. The van der Waals surface area contributed by atoms with Gasteiger partial charge in [0.25, 0.3) is 5.91 Å². The van der Waals surface area contributed by atoms with Gasteiger partial charge in [-0.05, 0) is 37.4 Å². The molecule has 2 aliphatic rings. The van der Waals surface area contributed by atoms with Gasteiger partial charge >= 0.3 is 0 Å². The van der Waals surface area contributed by atoms with Gasteiger partial charge in [0.2, 0.25) is 0 Å². The number of morpholine rings is 1. The first-order chi connectivity index (χ1) is 12.1. The van der Waals surface area contributed by atoms with Crippen LogP contribution in [0.1, 0.15) is 37.2 Å². The standard InChI is InChI=1S/C19H30N4O2/c1-15(2)14-23-7-3-4-17(23)13-21-19(24)18-12-16(5-6-20-18)22-8-10-25-11-9-22/h5-6,12,15,17H,3-4,7-11,13-14H2,1-2H3,(H,21,24)/t17-/m0/s1. The molecule has 1 amide bonds. The van der Waals surface area contributed by atoms with Crippen molar-refractivity contribution in [3.05, 3.63) is 24.0 Å². The molecule has 138 valence electrons. The van der Waals surface area contributed by atoms with Crippen molar-refractivity contribution in [1.29, 1.82) is 0 Å². The Kier molecular flexibility index (Phi) is 6.26. The van der Waals surface area contributed by atoms with Gasteiger partial charge in [-0.2, -0.15) is 0 Å². The summed E-state index contributed by atoms with van der Waals surface area (Å²) in [5.41, 5.74) is 1.54. The number of nitrogens with zero attached hydrogens (tertiary/aromatic N) is 3. The second-order valence-electron chi connectivity index (χ2n) is 7.39. The van der Waals surface area contributed by atoms with E-state index < -0.39 is 0 Å². The van der Waals surface area contributed by atoms with Gasteiger partial charge in [0, 0.05) is 44.1 Å². The summed E-state index contributed by atoms with van der Waals surface area (Å²) >= 11 is 0. The molecule has 6 heteroatoms. The van der Waals surface area contributed by atoms with Gasteiger partial charge in [0.1, 0.15) is 5.69 Å². The Bertz CT molecular complexity index is 572. The number of amides is 1. The Morgan fingerprint density at radius 3 is 2.92 bits per heavy atom. The maximum Gasteiger partial charge on any atom is 0.270 e. The smallest absolute Gasteiger partial charge is 0.270 e. The number of hydrogen-bond donors (Lipinski definition) is 1. The van der Waals surface area contributed by atoms with E-state index in [2.05, 4.69) is 33.9 Å². The fourth-order valence-corrected chi connectivity index (χ4v) is 3.70. The Morgan fingerprint density at radius 2 is 2.16 bits per heavy atom. The van der Waals surface area contributed by atoms with Gasteiger partial charge in [-0.25, -0.2) is 0 Å². The number of anilines is 1. The van der Waals surface area contributed by atoms with E-state index in [-0.39, 0.29) is 5.91 Å². The van der Waals surface area contributed by atoms with Crippen molar-refractivity contribution in [2.24, 2.45) is 5.92 Å². The van der Waals surface area contributed by atoms with Gasteiger partial charge in [-0.3, -0.25) is 14.7 Å². The predicted molar refractivity (Wildman–Crippen MR) is 99.0 cm³/mol. The Labute approximate surface area is 150 Å². The molecule has 0 radical (unpaired) electrons. The second kappa shape index (κ2) is 8.63. The third-order valence-electron chi connectivity index (χ3n) is 4.95. The molecular weight excluding hydrogens is 316 g/mol. The molecule has 2 fully saturated rings. The molecule has 0 unspecified atom stereocenters. The van der Waals surface area contributed by atoms with Crippen LogP contribution in [0.3, 0.4) is 0 Å². The quantitative estimate of drug-likeness (QED) is 0.851. The molecule has 3 heterocycles. The highest BCUT2D eigenvalue weighted by atomic mass is 16.5. The highest BCUT2D eigenvalue weighted by Gasteiger charge is 2.25. The number of likely N-dealkylation sites (tertiary alicyclic amines) is 1. The lowest BCUT2D eigenvalue weighted by molar-refractivity contribution is 0.0934. The third kappa shape index (κ3) is 4.92. The van der Waals surface area contributed by atoms with Crippen molar-refractivity contribution in [3.8, 4) is 0 Å². The third-order valence-corrected chi connectivity index (χ3v) is 4.95. The summed E-state index contributed by atoms with van der Waals surface area (Å²) in [5.74, 6) is 0.578. The molecule has 0 saturated carbocycles. The van der Waals surface area contributed by atoms with E-state index in [4.69, 9.17) is 4.74 Å². The zero-order valence-corrected chi connectivity index (χ0v) is 15.4. The Morgan fingerprint density at radius 1 is 1.36 bits per heavy atom. The van der Waals surface area contributed by atoms with Gasteiger partial charge < -0.3 is 15.0 Å². The number of ether oxygens (including phenoxy) is 1. The lowest BCUT2D eigenvalue weighted by Gasteiger charge is -2.29. The fraction of sp³-hybridized carbons (Fsp3) is 0.684. The summed E-state index contributed by atoms with van der Waals surface area (Å²) in [4.78, 5) is 21.5. The number of pyridine rings is 1. The molecule has 1 aromatic rings. The molecule has 0 bridgehead atoms. The number of carbonyl (C=O) groups excluding carboxylic acids is 1. The van der Waals surface area contributed by atoms with Crippen molar-refractivity contribution in [2.45, 2.75) is 32.7 Å². The summed E-state index contributed by atoms with van der Waals surface area (Å²) in [6.45, 7) is 10.6. The lowest BCUT2D eigenvalue weighted by atomic mass is 10.1. The van der Waals surface area contributed by atoms with Gasteiger partial charge in [-0.1, -0.05) is 13.8 Å². The minimum Gasteiger partial charge on any atom is -0.378 e. The SMILES string of the molecule is CC(C)CN1CCC[C@H]1CNC(=O)c1cc(N2CCOCC2)ccn1. The maximum absolute atomic E-state index is 12.5. The van der Waals surface area contributed by atoms with Crippen LogP contribution >= 0.6 is 0 Å². The second-order valence-corrected chi connectivity index (χ2v) is 7.39. The van der Waals surface area contributed by atoms with Crippen molar-refractivity contribution >= 4 is 11.6 Å². The molecule has 2 aliphatic heterocycles. The Balaban J connectivity index is 1.56. The Hall–Kier alpha value is -1.66. The molecule has 0 spiro atoms. The molecule has 0 aromatic carbocycles. The van der Waals surface area contributed by atoms with Crippen LogP contribution < -0.4 is 10.2 Å². The number of hydrogen-bond acceptors (Lipinski definition) is 5. The van der Waals surface area contributed by atoms with Gasteiger partial charge in [-0.15, -0.1) is 0 Å². The summed E-state index contributed by atoms with van der Waals surface area (Å²) in [7, 11) is 0. The first kappa shape index (κ1) is 18.1. The minimum atomic E-state index is -0.0773. The van der Waals surface area contributed by atoms with Crippen molar-refractivity contribution in [3.63, 3.8) is 0 Å². The highest BCUT2D eigenvalue weighted by molar-refractivity contribution is 5.93. The van der Waals surface area contributed by atoms with Crippen molar-refractivity contribution in [2.75, 3.05) is 50.8 Å². The summed E-state index contributed by atoms with van der Waals surface area (Å²) in [6.07, 6.45) is 4.10. The molecule has 25 heavy (non-hydrogen) atoms. The van der Waals surface area contributed by atoms with E-state index >= 15 is 0 Å². The molecule has 2 saturated heterocycles. The van der Waals surface area contributed by atoms with E-state index in [0.29, 0.717) is 24.2 Å². The van der Waals surface area contributed by atoms with Crippen LogP contribution in [0.15, 0.2) is 18.3 Å². The van der Waals surface area contributed by atoms with Crippen LogP contribution in [0.4, 0.5) is 5.69 Å². The van der Waals surface area contributed by atoms with Gasteiger partial charge in [0.15, 0.2) is 0 Å². The molecule has 1 atom stereocenters. The molecule has 6 nitrogen and oxygen atoms in total. The van der Waals surface area contributed by atoms with E-state index in [1.807, 2.05) is 12.1 Å². The van der Waals surface area contributed by atoms with E-state index in [1.54, 1.807) is 6.20 Å². The maximum atomic E-state index is 12.5. The van der Waals surface area contributed by atoms with Crippen molar-refractivity contribution < 1.29 is 9.53 Å². The molecular formula is C19H30N4O2. The molecule has 1 aromatic heterocycles. The van der Waals surface area contributed by atoms with Crippen LogP contribution in [0, 0.1) is 5.92 Å². The lowest BCUT2D eigenvalue weighted by Crippen LogP contribution is -2.41. The topological polar surface area (TPSA) is 57.7 Å². The summed E-state index contributed by atoms with van der Waals surface area (Å²) in [6, 6.07) is 4.30. The number of aromatic nitrogens is 1. The monoisotopic (exact) mass is 346 g/mol.